The standard InChI is InChI=1S/C20H21N3O2/c1-4-18(14-8-7-11-21-13-14)23(2)20(24)17-12-19(25-3)15-9-5-6-10-16(15)22-17/h5-13,18H,4H2,1-3H3. The number of hydrogen-bond donors (Lipinski definition) is 0. The van der Waals surface area contributed by atoms with Crippen LogP contribution >= 0.6 is 0 Å². The fourth-order valence-electron chi connectivity index (χ4n) is 3.05. The van der Waals surface area contributed by atoms with Gasteiger partial charge in [0, 0.05) is 30.9 Å². The van der Waals surface area contributed by atoms with Crippen LogP contribution in [-0.2, 0) is 0 Å². The third-order valence-electron chi connectivity index (χ3n) is 4.36. The van der Waals surface area contributed by atoms with Gasteiger partial charge in [-0.25, -0.2) is 4.98 Å². The number of hydrogen-bond acceptors (Lipinski definition) is 4. The average molecular weight is 335 g/mol. The van der Waals surface area contributed by atoms with Gasteiger partial charge >= 0.3 is 0 Å². The molecule has 128 valence electrons. The summed E-state index contributed by atoms with van der Waals surface area (Å²) in [5, 5.41) is 0.892. The fourth-order valence-corrected chi connectivity index (χ4v) is 3.05. The van der Waals surface area contributed by atoms with Crippen LogP contribution in [0.25, 0.3) is 10.9 Å². The van der Waals surface area contributed by atoms with E-state index in [0.29, 0.717) is 11.4 Å². The zero-order valence-electron chi connectivity index (χ0n) is 14.6. The van der Waals surface area contributed by atoms with Crippen molar-refractivity contribution in [1.82, 2.24) is 14.9 Å². The zero-order chi connectivity index (χ0) is 17.8. The molecule has 0 bridgehead atoms. The Hall–Kier alpha value is -2.95. The van der Waals surface area contributed by atoms with Gasteiger partial charge in [-0.05, 0) is 30.2 Å². The van der Waals surface area contributed by atoms with E-state index >= 15 is 0 Å². The van der Waals surface area contributed by atoms with E-state index in [4.69, 9.17) is 4.74 Å². The summed E-state index contributed by atoms with van der Waals surface area (Å²) in [4.78, 5) is 23.4. The van der Waals surface area contributed by atoms with Crippen LogP contribution in [-0.4, -0.2) is 34.9 Å². The summed E-state index contributed by atoms with van der Waals surface area (Å²) in [5.74, 6) is 0.511. The van der Waals surface area contributed by atoms with Crippen molar-refractivity contribution in [2.75, 3.05) is 14.2 Å². The first-order valence-corrected chi connectivity index (χ1v) is 8.26. The lowest BCUT2D eigenvalue weighted by atomic mass is 10.0. The van der Waals surface area contributed by atoms with Crippen molar-refractivity contribution >= 4 is 16.8 Å². The normalized spacial score (nSPS) is 12.0. The van der Waals surface area contributed by atoms with Crippen LogP contribution in [0.2, 0.25) is 0 Å². The number of ether oxygens (including phenoxy) is 1. The van der Waals surface area contributed by atoms with E-state index in [1.807, 2.05) is 36.4 Å². The summed E-state index contributed by atoms with van der Waals surface area (Å²) in [6.07, 6.45) is 4.32. The Labute approximate surface area is 147 Å². The molecule has 0 aliphatic rings. The minimum atomic E-state index is -0.139. The maximum Gasteiger partial charge on any atom is 0.272 e. The van der Waals surface area contributed by atoms with Gasteiger partial charge < -0.3 is 9.64 Å². The summed E-state index contributed by atoms with van der Waals surface area (Å²) < 4.78 is 5.45. The van der Waals surface area contributed by atoms with Crippen molar-refractivity contribution in [1.29, 1.82) is 0 Å². The molecule has 0 N–H and O–H groups in total. The van der Waals surface area contributed by atoms with E-state index < -0.39 is 0 Å². The first-order chi connectivity index (χ1) is 12.2. The van der Waals surface area contributed by atoms with Crippen molar-refractivity contribution in [2.24, 2.45) is 0 Å². The van der Waals surface area contributed by atoms with Crippen molar-refractivity contribution < 1.29 is 9.53 Å². The molecule has 1 unspecified atom stereocenters. The Morgan fingerprint density at radius 2 is 2.04 bits per heavy atom. The lowest BCUT2D eigenvalue weighted by Crippen LogP contribution is -2.31. The highest BCUT2D eigenvalue weighted by atomic mass is 16.5. The van der Waals surface area contributed by atoms with Crippen LogP contribution in [0.15, 0.2) is 54.9 Å². The van der Waals surface area contributed by atoms with Gasteiger partial charge in [0.05, 0.1) is 18.7 Å². The Kier molecular flexibility index (Phi) is 4.93. The average Bonchev–Trinajstić information content (AvgIpc) is 2.67. The van der Waals surface area contributed by atoms with Crippen molar-refractivity contribution in [2.45, 2.75) is 19.4 Å². The molecular formula is C20H21N3O2. The second-order valence-corrected chi connectivity index (χ2v) is 5.85. The minimum absolute atomic E-state index is 0.0551. The summed E-state index contributed by atoms with van der Waals surface area (Å²) in [6.45, 7) is 2.05. The van der Waals surface area contributed by atoms with Crippen LogP contribution in [0.1, 0.15) is 35.4 Å². The van der Waals surface area contributed by atoms with Crippen LogP contribution in [0.4, 0.5) is 0 Å². The summed E-state index contributed by atoms with van der Waals surface area (Å²) >= 11 is 0. The molecule has 5 nitrogen and oxygen atoms in total. The number of amides is 1. The Morgan fingerprint density at radius 3 is 2.72 bits per heavy atom. The lowest BCUT2D eigenvalue weighted by molar-refractivity contribution is 0.0720. The van der Waals surface area contributed by atoms with E-state index in [-0.39, 0.29) is 11.9 Å². The zero-order valence-corrected chi connectivity index (χ0v) is 14.6. The van der Waals surface area contributed by atoms with Crippen molar-refractivity contribution in [3.8, 4) is 5.75 Å². The quantitative estimate of drug-likeness (QED) is 0.710. The van der Waals surface area contributed by atoms with Crippen LogP contribution in [0, 0.1) is 0 Å². The Bertz CT molecular complexity index is 881. The molecule has 1 atom stereocenters. The molecule has 25 heavy (non-hydrogen) atoms. The molecule has 1 aromatic carbocycles. The molecule has 2 heterocycles. The summed E-state index contributed by atoms with van der Waals surface area (Å²) in [7, 11) is 3.40. The van der Waals surface area contributed by atoms with Gasteiger partial charge in [0.25, 0.3) is 5.91 Å². The SMILES string of the molecule is CCC(c1cccnc1)N(C)C(=O)c1cc(OC)c2ccccc2n1. The molecule has 0 fully saturated rings. The predicted octanol–water partition coefficient (Wildman–Crippen LogP) is 3.86. The van der Waals surface area contributed by atoms with E-state index in [2.05, 4.69) is 16.9 Å². The second-order valence-electron chi connectivity index (χ2n) is 5.85. The largest absolute Gasteiger partial charge is 0.496 e. The molecule has 0 aliphatic carbocycles. The third kappa shape index (κ3) is 3.31. The van der Waals surface area contributed by atoms with Crippen LogP contribution in [0.3, 0.4) is 0 Å². The lowest BCUT2D eigenvalue weighted by Gasteiger charge is -2.27. The molecule has 0 saturated carbocycles. The molecule has 3 rings (SSSR count). The third-order valence-corrected chi connectivity index (χ3v) is 4.36. The number of carbonyl (C=O) groups is 1. The van der Waals surface area contributed by atoms with E-state index in [1.165, 1.54) is 0 Å². The fraction of sp³-hybridized carbons (Fsp3) is 0.250. The van der Waals surface area contributed by atoms with E-state index in [0.717, 1.165) is 22.9 Å². The number of carbonyl (C=O) groups excluding carboxylic acids is 1. The Balaban J connectivity index is 1.98. The number of fused-ring (bicyclic) bond motifs is 1. The highest BCUT2D eigenvalue weighted by Crippen LogP contribution is 2.28. The predicted molar refractivity (Wildman–Crippen MR) is 97.7 cm³/mol. The maximum absolute atomic E-state index is 13.0. The summed E-state index contributed by atoms with van der Waals surface area (Å²) in [6, 6.07) is 13.2. The molecule has 0 aliphatic heterocycles. The van der Waals surface area contributed by atoms with Crippen molar-refractivity contribution in [3.05, 3.63) is 66.1 Å². The highest BCUT2D eigenvalue weighted by molar-refractivity contribution is 5.97. The number of aromatic nitrogens is 2. The van der Waals surface area contributed by atoms with Crippen LogP contribution in [0.5, 0.6) is 5.75 Å². The molecular weight excluding hydrogens is 314 g/mol. The molecule has 3 aromatic rings. The number of methoxy groups -OCH3 is 1. The topological polar surface area (TPSA) is 55.3 Å². The van der Waals surface area contributed by atoms with Gasteiger partial charge in [0.1, 0.15) is 11.4 Å². The van der Waals surface area contributed by atoms with Gasteiger partial charge in [0.2, 0.25) is 0 Å². The van der Waals surface area contributed by atoms with Crippen molar-refractivity contribution in [3.63, 3.8) is 0 Å². The second kappa shape index (κ2) is 7.30. The van der Waals surface area contributed by atoms with Gasteiger partial charge in [-0.1, -0.05) is 25.1 Å². The van der Waals surface area contributed by atoms with Gasteiger partial charge in [0.15, 0.2) is 0 Å². The van der Waals surface area contributed by atoms with Gasteiger partial charge in [-0.15, -0.1) is 0 Å². The first-order valence-electron chi connectivity index (χ1n) is 8.26. The van der Waals surface area contributed by atoms with E-state index in [1.54, 1.807) is 37.5 Å². The molecule has 2 aromatic heterocycles. The summed E-state index contributed by atoms with van der Waals surface area (Å²) in [5.41, 5.74) is 2.13. The number of rotatable bonds is 5. The maximum atomic E-state index is 13.0. The number of benzene rings is 1. The molecule has 0 saturated heterocycles. The smallest absolute Gasteiger partial charge is 0.272 e. The van der Waals surface area contributed by atoms with Gasteiger partial charge in [-0.2, -0.15) is 0 Å². The van der Waals surface area contributed by atoms with E-state index in [9.17, 15) is 4.79 Å². The molecule has 1 amide bonds. The Morgan fingerprint density at radius 1 is 1.24 bits per heavy atom. The first kappa shape index (κ1) is 16.9. The molecule has 5 heteroatoms. The minimum Gasteiger partial charge on any atom is -0.496 e. The number of pyridine rings is 2. The number of nitrogens with zero attached hydrogens (tertiary/aromatic N) is 3. The molecule has 0 radical (unpaired) electrons. The monoisotopic (exact) mass is 335 g/mol. The van der Waals surface area contributed by atoms with Crippen LogP contribution < -0.4 is 4.74 Å². The number of para-hydroxylation sites is 1. The van der Waals surface area contributed by atoms with Gasteiger partial charge in [-0.3, -0.25) is 9.78 Å². The highest BCUT2D eigenvalue weighted by Gasteiger charge is 2.23. The molecule has 0 spiro atoms.